The van der Waals surface area contributed by atoms with E-state index >= 15 is 0 Å². The van der Waals surface area contributed by atoms with Gasteiger partial charge in [0.05, 0.1) is 22.9 Å². The second-order valence-corrected chi connectivity index (χ2v) is 4.97. The number of anilines is 1. The standard InChI is InChI=1S/C13H15ClN2O4/c14-10-2-1-9(12(17)18)5-11(10)16-13(19)15-6-8-3-4-20-7-8/h1-2,5,8H,3-4,6-7H2,(H,17,18)(H2,15,16,19). The van der Waals surface area contributed by atoms with Crippen LogP contribution in [0, 0.1) is 5.92 Å². The molecule has 1 fully saturated rings. The van der Waals surface area contributed by atoms with Crippen LogP contribution in [-0.2, 0) is 4.74 Å². The normalized spacial score (nSPS) is 17.8. The molecule has 1 heterocycles. The highest BCUT2D eigenvalue weighted by molar-refractivity contribution is 6.33. The molecule has 0 saturated carbocycles. The molecule has 0 spiro atoms. The molecule has 0 aromatic heterocycles. The number of rotatable bonds is 4. The van der Waals surface area contributed by atoms with Crippen molar-refractivity contribution in [3.8, 4) is 0 Å². The van der Waals surface area contributed by atoms with E-state index in [1.165, 1.54) is 18.2 Å². The first-order valence-electron chi connectivity index (χ1n) is 6.21. The molecule has 1 atom stereocenters. The predicted molar refractivity (Wildman–Crippen MR) is 74.4 cm³/mol. The number of hydrogen-bond acceptors (Lipinski definition) is 3. The van der Waals surface area contributed by atoms with Crippen molar-refractivity contribution in [3.63, 3.8) is 0 Å². The van der Waals surface area contributed by atoms with E-state index in [4.69, 9.17) is 21.4 Å². The largest absolute Gasteiger partial charge is 0.478 e. The molecule has 0 radical (unpaired) electrons. The molecule has 0 bridgehead atoms. The predicted octanol–water partition coefficient (Wildman–Crippen LogP) is 2.20. The van der Waals surface area contributed by atoms with Crippen LogP contribution in [0.4, 0.5) is 10.5 Å². The second kappa shape index (κ2) is 6.58. The van der Waals surface area contributed by atoms with Crippen molar-refractivity contribution >= 4 is 29.3 Å². The molecule has 1 aromatic carbocycles. The molecule has 1 aliphatic rings. The van der Waals surface area contributed by atoms with Crippen LogP contribution >= 0.6 is 11.6 Å². The lowest BCUT2D eigenvalue weighted by molar-refractivity contribution is 0.0697. The van der Waals surface area contributed by atoms with Gasteiger partial charge in [-0.2, -0.15) is 0 Å². The number of ether oxygens (including phenoxy) is 1. The van der Waals surface area contributed by atoms with Gasteiger partial charge in [0.25, 0.3) is 0 Å². The highest BCUT2D eigenvalue weighted by Crippen LogP contribution is 2.23. The minimum Gasteiger partial charge on any atom is -0.478 e. The third-order valence-corrected chi connectivity index (χ3v) is 3.37. The van der Waals surface area contributed by atoms with Gasteiger partial charge in [0, 0.05) is 19.1 Å². The average Bonchev–Trinajstić information content (AvgIpc) is 2.92. The quantitative estimate of drug-likeness (QED) is 0.795. The molecule has 7 heteroatoms. The molecule has 1 aliphatic heterocycles. The fourth-order valence-electron chi connectivity index (χ4n) is 1.90. The third kappa shape index (κ3) is 3.85. The number of aromatic carboxylic acids is 1. The van der Waals surface area contributed by atoms with Gasteiger partial charge in [0.2, 0.25) is 0 Å². The summed E-state index contributed by atoms with van der Waals surface area (Å²) in [7, 11) is 0. The van der Waals surface area contributed by atoms with Crippen LogP contribution in [0.3, 0.4) is 0 Å². The number of amides is 2. The van der Waals surface area contributed by atoms with Crippen LogP contribution in [0.25, 0.3) is 0 Å². The first kappa shape index (κ1) is 14.6. The third-order valence-electron chi connectivity index (χ3n) is 3.04. The fourth-order valence-corrected chi connectivity index (χ4v) is 2.07. The van der Waals surface area contributed by atoms with Crippen LogP contribution in [-0.4, -0.2) is 36.9 Å². The molecule has 1 saturated heterocycles. The van der Waals surface area contributed by atoms with E-state index < -0.39 is 12.0 Å². The average molecular weight is 299 g/mol. The van der Waals surface area contributed by atoms with E-state index in [1.54, 1.807) is 0 Å². The van der Waals surface area contributed by atoms with Gasteiger partial charge in [-0.3, -0.25) is 0 Å². The number of carbonyl (C=O) groups excluding carboxylic acids is 1. The summed E-state index contributed by atoms with van der Waals surface area (Å²) in [4.78, 5) is 22.6. The minimum absolute atomic E-state index is 0.0638. The lowest BCUT2D eigenvalue weighted by atomic mass is 10.1. The Bertz CT molecular complexity index is 515. The molecular formula is C13H15ClN2O4. The highest BCUT2D eigenvalue weighted by atomic mass is 35.5. The number of nitrogens with one attached hydrogen (secondary N) is 2. The maximum absolute atomic E-state index is 11.7. The molecule has 3 N–H and O–H groups in total. The number of hydrogen-bond donors (Lipinski definition) is 3. The van der Waals surface area contributed by atoms with Crippen LogP contribution in [0.5, 0.6) is 0 Å². The number of carboxylic acid groups (broad SMARTS) is 1. The minimum atomic E-state index is -1.08. The fraction of sp³-hybridized carbons (Fsp3) is 0.385. The van der Waals surface area contributed by atoms with Gasteiger partial charge in [-0.25, -0.2) is 9.59 Å². The summed E-state index contributed by atoms with van der Waals surface area (Å²) in [5.74, 6) is -0.755. The summed E-state index contributed by atoms with van der Waals surface area (Å²) in [6, 6.07) is 3.72. The van der Waals surface area contributed by atoms with E-state index in [2.05, 4.69) is 10.6 Å². The Kier molecular flexibility index (Phi) is 4.81. The molecule has 2 amide bonds. The van der Waals surface area contributed by atoms with Crippen LogP contribution in [0.2, 0.25) is 5.02 Å². The Hall–Kier alpha value is -1.79. The zero-order valence-corrected chi connectivity index (χ0v) is 11.4. The molecule has 1 unspecified atom stereocenters. The summed E-state index contributed by atoms with van der Waals surface area (Å²) in [5, 5.41) is 14.4. The van der Waals surface area contributed by atoms with Crippen molar-refractivity contribution in [3.05, 3.63) is 28.8 Å². The molecule has 0 aliphatic carbocycles. The zero-order valence-electron chi connectivity index (χ0n) is 10.7. The SMILES string of the molecule is O=C(NCC1CCOC1)Nc1cc(C(=O)O)ccc1Cl. The molecule has 108 valence electrons. The van der Waals surface area contributed by atoms with Crippen LogP contribution in [0.15, 0.2) is 18.2 Å². The number of halogens is 1. The van der Waals surface area contributed by atoms with Crippen molar-refractivity contribution in [2.75, 3.05) is 25.1 Å². The van der Waals surface area contributed by atoms with Crippen LogP contribution in [0.1, 0.15) is 16.8 Å². The number of carboxylic acids is 1. The van der Waals surface area contributed by atoms with E-state index in [0.29, 0.717) is 19.1 Å². The second-order valence-electron chi connectivity index (χ2n) is 4.56. The molecular weight excluding hydrogens is 284 g/mol. The van der Waals surface area contributed by atoms with Gasteiger partial charge in [0.1, 0.15) is 0 Å². The van der Waals surface area contributed by atoms with Gasteiger partial charge in [-0.1, -0.05) is 11.6 Å². The van der Waals surface area contributed by atoms with Gasteiger partial charge in [0.15, 0.2) is 0 Å². The highest BCUT2D eigenvalue weighted by Gasteiger charge is 2.16. The van der Waals surface area contributed by atoms with Gasteiger partial charge < -0.3 is 20.5 Å². The monoisotopic (exact) mass is 298 g/mol. The smallest absolute Gasteiger partial charge is 0.335 e. The van der Waals surface area contributed by atoms with Crippen molar-refractivity contribution in [2.24, 2.45) is 5.92 Å². The first-order chi connectivity index (χ1) is 9.56. The Balaban J connectivity index is 1.92. The van der Waals surface area contributed by atoms with Gasteiger partial charge >= 0.3 is 12.0 Å². The summed E-state index contributed by atoms with van der Waals surface area (Å²) in [6.07, 6.45) is 0.926. The van der Waals surface area contributed by atoms with E-state index in [0.717, 1.165) is 13.0 Å². The van der Waals surface area contributed by atoms with Crippen molar-refractivity contribution < 1.29 is 19.4 Å². The molecule has 2 rings (SSSR count). The zero-order chi connectivity index (χ0) is 14.5. The lowest BCUT2D eigenvalue weighted by Gasteiger charge is -2.12. The summed E-state index contributed by atoms with van der Waals surface area (Å²) >= 11 is 5.92. The van der Waals surface area contributed by atoms with Gasteiger partial charge in [-0.05, 0) is 24.6 Å². The van der Waals surface area contributed by atoms with Crippen LogP contribution < -0.4 is 10.6 Å². The van der Waals surface area contributed by atoms with Crippen molar-refractivity contribution in [1.82, 2.24) is 5.32 Å². The van der Waals surface area contributed by atoms with E-state index in [1.807, 2.05) is 0 Å². The molecule has 1 aromatic rings. The van der Waals surface area contributed by atoms with Crippen molar-refractivity contribution in [1.29, 1.82) is 0 Å². The lowest BCUT2D eigenvalue weighted by Crippen LogP contribution is -2.33. The van der Waals surface area contributed by atoms with Gasteiger partial charge in [-0.15, -0.1) is 0 Å². The first-order valence-corrected chi connectivity index (χ1v) is 6.59. The topological polar surface area (TPSA) is 87.7 Å². The molecule has 6 nitrogen and oxygen atoms in total. The van der Waals surface area contributed by atoms with E-state index in [9.17, 15) is 9.59 Å². The summed E-state index contributed by atoms with van der Waals surface area (Å²) in [6.45, 7) is 1.89. The Morgan fingerprint density at radius 2 is 2.25 bits per heavy atom. The number of urea groups is 1. The Morgan fingerprint density at radius 3 is 2.90 bits per heavy atom. The number of carbonyl (C=O) groups is 2. The molecule has 20 heavy (non-hydrogen) atoms. The maximum Gasteiger partial charge on any atom is 0.335 e. The van der Waals surface area contributed by atoms with E-state index in [-0.39, 0.29) is 16.3 Å². The Morgan fingerprint density at radius 1 is 1.45 bits per heavy atom. The number of benzene rings is 1. The Labute approximate surface area is 121 Å². The van der Waals surface area contributed by atoms with Crippen molar-refractivity contribution in [2.45, 2.75) is 6.42 Å². The summed E-state index contributed by atoms with van der Waals surface area (Å²) in [5.41, 5.74) is 0.334. The summed E-state index contributed by atoms with van der Waals surface area (Å²) < 4.78 is 5.21. The maximum atomic E-state index is 11.7.